The van der Waals surface area contributed by atoms with E-state index in [0.717, 1.165) is 0 Å². The zero-order valence-electron chi connectivity index (χ0n) is 17.6. The van der Waals surface area contributed by atoms with Crippen molar-refractivity contribution < 1.29 is 36.9 Å². The molecule has 0 unspecified atom stereocenters. The number of hydrogen-bond acceptors (Lipinski definition) is 5. The van der Waals surface area contributed by atoms with E-state index < -0.39 is 24.6 Å². The molecule has 0 bridgehead atoms. The van der Waals surface area contributed by atoms with Crippen molar-refractivity contribution >= 4 is 28.7 Å². The van der Waals surface area contributed by atoms with Crippen molar-refractivity contribution in [2.24, 2.45) is 0 Å². The average molecular weight is 464 g/mol. The molecule has 0 amide bonds. The number of nitrogens with zero attached hydrogens (tertiary/aromatic N) is 1. The number of ether oxygens (including phenoxy) is 2. The topological polar surface area (TPSA) is 71.0 Å². The quantitative estimate of drug-likeness (QED) is 0.400. The summed E-state index contributed by atoms with van der Waals surface area (Å²) < 4.78 is 61.3. The Bertz CT molecular complexity index is 1130. The van der Waals surface area contributed by atoms with E-state index in [9.17, 15) is 27.5 Å². The highest BCUT2D eigenvalue weighted by atomic mass is 19.4. The van der Waals surface area contributed by atoms with Gasteiger partial charge in [0.15, 0.2) is 6.61 Å². The van der Waals surface area contributed by atoms with Gasteiger partial charge in [-0.25, -0.2) is 9.18 Å². The van der Waals surface area contributed by atoms with Crippen LogP contribution in [0.5, 0.6) is 11.5 Å². The Kier molecular flexibility index (Phi) is 6.95. The fraction of sp³-hybridized carbons (Fsp3) is 0.174. The van der Waals surface area contributed by atoms with E-state index in [1.807, 2.05) is 0 Å². The van der Waals surface area contributed by atoms with Gasteiger partial charge in [-0.3, -0.25) is 0 Å². The second-order valence-electron chi connectivity index (χ2n) is 6.96. The number of anilines is 4. The minimum atomic E-state index is -4.43. The van der Waals surface area contributed by atoms with Crippen LogP contribution in [0.25, 0.3) is 0 Å². The van der Waals surface area contributed by atoms with Crippen LogP contribution in [-0.4, -0.2) is 38.0 Å². The minimum Gasteiger partial charge on any atom is -0.497 e. The van der Waals surface area contributed by atoms with Gasteiger partial charge in [0.05, 0.1) is 24.0 Å². The van der Waals surface area contributed by atoms with E-state index >= 15 is 0 Å². The SMILES string of the molecule is COc1ccc(Nc2ccc(N(C)c3ccc(OCC(F)(F)F)cc3)cc2F)c(C(=O)O)c1. The number of aromatic carboxylic acids is 1. The van der Waals surface area contributed by atoms with Gasteiger partial charge in [-0.15, -0.1) is 0 Å². The molecule has 0 saturated heterocycles. The van der Waals surface area contributed by atoms with Crippen molar-refractivity contribution in [3.63, 3.8) is 0 Å². The fourth-order valence-corrected chi connectivity index (χ4v) is 2.98. The zero-order chi connectivity index (χ0) is 24.2. The Morgan fingerprint density at radius 2 is 1.58 bits per heavy atom. The van der Waals surface area contributed by atoms with Gasteiger partial charge in [0.1, 0.15) is 17.3 Å². The molecule has 3 aromatic carbocycles. The van der Waals surface area contributed by atoms with Crippen molar-refractivity contribution in [3.8, 4) is 11.5 Å². The Morgan fingerprint density at radius 3 is 2.15 bits per heavy atom. The summed E-state index contributed by atoms with van der Waals surface area (Å²) in [5.74, 6) is -1.42. The lowest BCUT2D eigenvalue weighted by atomic mass is 10.1. The molecule has 0 aromatic heterocycles. The summed E-state index contributed by atoms with van der Waals surface area (Å²) in [4.78, 5) is 13.2. The van der Waals surface area contributed by atoms with Crippen LogP contribution >= 0.6 is 0 Å². The standard InChI is InChI=1S/C23H20F4N2O4/c1-29(14-3-6-16(7-4-14)33-13-23(25,26)27)15-5-9-21(19(24)11-15)28-20-10-8-17(32-2)12-18(20)22(30)31/h3-12,28H,13H2,1-2H3,(H,30,31). The molecular formula is C23H20F4N2O4. The first kappa shape index (κ1) is 23.7. The summed E-state index contributed by atoms with van der Waals surface area (Å²) in [6, 6.07) is 14.6. The molecule has 0 aliphatic carbocycles. The van der Waals surface area contributed by atoms with Crippen molar-refractivity contribution in [1.82, 2.24) is 0 Å². The normalized spacial score (nSPS) is 11.1. The molecule has 0 aliphatic rings. The maximum Gasteiger partial charge on any atom is 0.422 e. The Hall–Kier alpha value is -3.95. The van der Waals surface area contributed by atoms with Crippen LogP contribution in [0.2, 0.25) is 0 Å². The van der Waals surface area contributed by atoms with E-state index in [2.05, 4.69) is 10.1 Å². The molecule has 2 N–H and O–H groups in total. The highest BCUT2D eigenvalue weighted by Gasteiger charge is 2.28. The Balaban J connectivity index is 1.76. The molecule has 0 aliphatic heterocycles. The number of rotatable bonds is 8. The van der Waals surface area contributed by atoms with E-state index in [1.165, 1.54) is 43.5 Å². The van der Waals surface area contributed by atoms with Gasteiger partial charge in [0, 0.05) is 18.4 Å². The number of carboxylic acids is 1. The second kappa shape index (κ2) is 9.68. The molecule has 6 nitrogen and oxygen atoms in total. The summed E-state index contributed by atoms with van der Waals surface area (Å²) in [7, 11) is 3.07. The summed E-state index contributed by atoms with van der Waals surface area (Å²) in [6.45, 7) is -1.39. The number of halogens is 4. The van der Waals surface area contributed by atoms with Crippen LogP contribution in [0.1, 0.15) is 10.4 Å². The fourth-order valence-electron chi connectivity index (χ4n) is 2.98. The predicted octanol–water partition coefficient (Wildman–Crippen LogP) is 5.99. The molecule has 0 fully saturated rings. The number of carboxylic acid groups (broad SMARTS) is 1. The molecule has 10 heteroatoms. The lowest BCUT2D eigenvalue weighted by Gasteiger charge is -2.21. The summed E-state index contributed by atoms with van der Waals surface area (Å²) in [5, 5.41) is 12.2. The molecule has 3 aromatic rings. The van der Waals surface area contributed by atoms with E-state index in [4.69, 9.17) is 4.74 Å². The summed E-state index contributed by atoms with van der Waals surface area (Å²) >= 11 is 0. The Labute approximate surface area is 187 Å². The van der Waals surface area contributed by atoms with Crippen LogP contribution in [0, 0.1) is 5.82 Å². The number of methoxy groups -OCH3 is 1. The third-order valence-corrected chi connectivity index (χ3v) is 4.69. The molecule has 33 heavy (non-hydrogen) atoms. The molecule has 0 heterocycles. The number of nitrogens with one attached hydrogen (secondary N) is 1. The number of hydrogen-bond donors (Lipinski definition) is 2. The third-order valence-electron chi connectivity index (χ3n) is 4.69. The maximum absolute atomic E-state index is 14.8. The molecule has 3 rings (SSSR count). The predicted molar refractivity (Wildman–Crippen MR) is 116 cm³/mol. The lowest BCUT2D eigenvalue weighted by Crippen LogP contribution is -2.19. The second-order valence-corrected chi connectivity index (χ2v) is 6.96. The van der Waals surface area contributed by atoms with Gasteiger partial charge in [-0.1, -0.05) is 0 Å². The first-order chi connectivity index (χ1) is 15.6. The zero-order valence-corrected chi connectivity index (χ0v) is 17.6. The van der Waals surface area contributed by atoms with E-state index in [1.54, 1.807) is 36.2 Å². The summed E-state index contributed by atoms with van der Waals surface area (Å²) in [5.41, 5.74) is 1.24. The van der Waals surface area contributed by atoms with Crippen LogP contribution in [0.15, 0.2) is 60.7 Å². The maximum atomic E-state index is 14.8. The lowest BCUT2D eigenvalue weighted by molar-refractivity contribution is -0.153. The highest BCUT2D eigenvalue weighted by Crippen LogP contribution is 2.31. The van der Waals surface area contributed by atoms with Crippen LogP contribution in [0.3, 0.4) is 0 Å². The smallest absolute Gasteiger partial charge is 0.422 e. The highest BCUT2D eigenvalue weighted by molar-refractivity contribution is 5.95. The molecule has 0 spiro atoms. The Morgan fingerprint density at radius 1 is 0.970 bits per heavy atom. The minimum absolute atomic E-state index is 0.0592. The monoisotopic (exact) mass is 464 g/mol. The van der Waals surface area contributed by atoms with Crippen molar-refractivity contribution in [3.05, 3.63) is 72.0 Å². The van der Waals surface area contributed by atoms with Gasteiger partial charge >= 0.3 is 12.1 Å². The van der Waals surface area contributed by atoms with Gasteiger partial charge in [-0.2, -0.15) is 13.2 Å². The van der Waals surface area contributed by atoms with Crippen LogP contribution in [0.4, 0.5) is 40.3 Å². The first-order valence-electron chi connectivity index (χ1n) is 9.58. The molecule has 174 valence electrons. The number of benzene rings is 3. The van der Waals surface area contributed by atoms with Crippen LogP contribution < -0.4 is 19.7 Å². The third kappa shape index (κ3) is 6.06. The van der Waals surface area contributed by atoms with Gasteiger partial charge < -0.3 is 24.8 Å². The van der Waals surface area contributed by atoms with Crippen molar-refractivity contribution in [2.75, 3.05) is 31.0 Å². The van der Waals surface area contributed by atoms with Gasteiger partial charge in [0.2, 0.25) is 0 Å². The van der Waals surface area contributed by atoms with Crippen LogP contribution in [-0.2, 0) is 0 Å². The average Bonchev–Trinajstić information content (AvgIpc) is 2.78. The number of alkyl halides is 3. The van der Waals surface area contributed by atoms with E-state index in [-0.39, 0.29) is 22.7 Å². The molecule has 0 saturated carbocycles. The van der Waals surface area contributed by atoms with Gasteiger partial charge in [0.25, 0.3) is 0 Å². The van der Waals surface area contributed by atoms with E-state index in [0.29, 0.717) is 17.1 Å². The van der Waals surface area contributed by atoms with Gasteiger partial charge in [-0.05, 0) is 60.7 Å². The first-order valence-corrected chi connectivity index (χ1v) is 9.58. The molecule has 0 atom stereocenters. The largest absolute Gasteiger partial charge is 0.497 e. The summed E-state index contributed by atoms with van der Waals surface area (Å²) in [6.07, 6.45) is -4.43. The molecular weight excluding hydrogens is 444 g/mol. The van der Waals surface area contributed by atoms with Crippen molar-refractivity contribution in [2.45, 2.75) is 6.18 Å². The van der Waals surface area contributed by atoms with Crippen molar-refractivity contribution in [1.29, 1.82) is 0 Å². The number of carbonyl (C=O) groups is 1. The molecule has 0 radical (unpaired) electrons.